The van der Waals surface area contributed by atoms with E-state index in [2.05, 4.69) is 24.3 Å². The van der Waals surface area contributed by atoms with Gasteiger partial charge in [-0.15, -0.1) is 0 Å². The smallest absolute Gasteiger partial charge is 0.123 e. The van der Waals surface area contributed by atoms with Crippen LogP contribution in [0.1, 0.15) is 0 Å². The molecule has 0 saturated carbocycles. The predicted molar refractivity (Wildman–Crippen MR) is 77.3 cm³/mol. The van der Waals surface area contributed by atoms with Gasteiger partial charge < -0.3 is 0 Å². The number of halogens is 1. The number of rotatable bonds is 2. The lowest BCUT2D eigenvalue weighted by atomic mass is 10.0. The molecule has 0 aliphatic heterocycles. The van der Waals surface area contributed by atoms with E-state index in [4.69, 9.17) is 0 Å². The number of hydrogen-bond donors (Lipinski definition) is 0. The normalized spacial score (nSPS) is 10.4. The Morgan fingerprint density at radius 2 is 1.00 bits per heavy atom. The molecule has 0 amide bonds. The highest BCUT2D eigenvalue weighted by Gasteiger charge is 2.00. The maximum Gasteiger partial charge on any atom is 0.123 e. The van der Waals surface area contributed by atoms with Crippen LogP contribution in [0.25, 0.3) is 22.3 Å². The lowest BCUT2D eigenvalue weighted by molar-refractivity contribution is 0.628. The molecule has 92 valence electrons. The lowest BCUT2D eigenvalue weighted by Gasteiger charge is -2.05. The third kappa shape index (κ3) is 2.55. The first-order valence-electron chi connectivity index (χ1n) is 6.24. The Labute approximate surface area is 112 Å². The van der Waals surface area contributed by atoms with E-state index in [0.717, 1.165) is 11.1 Å². The minimum Gasteiger partial charge on any atom is -0.207 e. The summed E-state index contributed by atoms with van der Waals surface area (Å²) in [5, 5.41) is 0. The van der Waals surface area contributed by atoms with E-state index in [-0.39, 0.29) is 5.82 Å². The first kappa shape index (κ1) is 11.7. The summed E-state index contributed by atoms with van der Waals surface area (Å²) < 4.78 is 13.2. The maximum atomic E-state index is 13.2. The quantitative estimate of drug-likeness (QED) is 0.587. The highest BCUT2D eigenvalue weighted by Crippen LogP contribution is 2.24. The summed E-state index contributed by atoms with van der Waals surface area (Å²) in [7, 11) is 0. The van der Waals surface area contributed by atoms with Gasteiger partial charge in [0.2, 0.25) is 0 Å². The summed E-state index contributed by atoms with van der Waals surface area (Å²) >= 11 is 0. The van der Waals surface area contributed by atoms with Gasteiger partial charge in [-0.1, -0.05) is 66.7 Å². The monoisotopic (exact) mass is 248 g/mol. The molecule has 0 spiro atoms. The Morgan fingerprint density at radius 1 is 0.474 bits per heavy atom. The Hall–Kier alpha value is -2.41. The molecule has 0 radical (unpaired) electrons. The van der Waals surface area contributed by atoms with E-state index in [9.17, 15) is 4.39 Å². The molecule has 3 rings (SSSR count). The first-order valence-corrected chi connectivity index (χ1v) is 6.24. The predicted octanol–water partition coefficient (Wildman–Crippen LogP) is 5.16. The van der Waals surface area contributed by atoms with Crippen LogP contribution in [0, 0.1) is 5.82 Å². The van der Waals surface area contributed by atoms with Crippen LogP contribution in [0.3, 0.4) is 0 Å². The zero-order valence-electron chi connectivity index (χ0n) is 10.4. The zero-order chi connectivity index (χ0) is 13.1. The molecule has 0 N–H and O–H groups in total. The second-order valence-electron chi connectivity index (χ2n) is 4.45. The third-order valence-electron chi connectivity index (χ3n) is 3.15. The van der Waals surface area contributed by atoms with Gasteiger partial charge in [0.15, 0.2) is 0 Å². The summed E-state index contributed by atoms with van der Waals surface area (Å²) in [6, 6.07) is 25.1. The van der Waals surface area contributed by atoms with Crippen molar-refractivity contribution in [3.8, 4) is 22.3 Å². The van der Waals surface area contributed by atoms with Crippen molar-refractivity contribution in [1.29, 1.82) is 0 Å². The summed E-state index contributed by atoms with van der Waals surface area (Å²) in [6.45, 7) is 0. The van der Waals surface area contributed by atoms with Crippen molar-refractivity contribution in [2.45, 2.75) is 0 Å². The molecule has 0 aliphatic rings. The van der Waals surface area contributed by atoms with Gasteiger partial charge >= 0.3 is 0 Å². The van der Waals surface area contributed by atoms with Crippen molar-refractivity contribution in [1.82, 2.24) is 0 Å². The fourth-order valence-electron chi connectivity index (χ4n) is 2.15. The van der Waals surface area contributed by atoms with Crippen molar-refractivity contribution in [2.24, 2.45) is 0 Å². The minimum atomic E-state index is -0.204. The van der Waals surface area contributed by atoms with Crippen molar-refractivity contribution in [2.75, 3.05) is 0 Å². The van der Waals surface area contributed by atoms with E-state index >= 15 is 0 Å². The van der Waals surface area contributed by atoms with E-state index in [1.54, 1.807) is 12.1 Å². The molecule has 0 saturated heterocycles. The minimum absolute atomic E-state index is 0.204. The molecule has 0 heterocycles. The highest BCUT2D eigenvalue weighted by atomic mass is 19.1. The largest absolute Gasteiger partial charge is 0.207 e. The van der Waals surface area contributed by atoms with Gasteiger partial charge in [0.1, 0.15) is 5.82 Å². The van der Waals surface area contributed by atoms with Gasteiger partial charge in [-0.25, -0.2) is 4.39 Å². The van der Waals surface area contributed by atoms with E-state index < -0.39 is 0 Å². The van der Waals surface area contributed by atoms with Gasteiger partial charge in [0.25, 0.3) is 0 Å². The molecule has 19 heavy (non-hydrogen) atoms. The molecular formula is C18H13F. The maximum absolute atomic E-state index is 13.2. The van der Waals surface area contributed by atoms with Crippen LogP contribution >= 0.6 is 0 Å². The van der Waals surface area contributed by atoms with Gasteiger partial charge in [-0.2, -0.15) is 0 Å². The summed E-state index contributed by atoms with van der Waals surface area (Å²) in [4.78, 5) is 0. The van der Waals surface area contributed by atoms with Crippen LogP contribution in [0.5, 0.6) is 0 Å². The zero-order valence-corrected chi connectivity index (χ0v) is 10.4. The van der Waals surface area contributed by atoms with Crippen LogP contribution in [0.2, 0.25) is 0 Å². The van der Waals surface area contributed by atoms with Crippen molar-refractivity contribution >= 4 is 0 Å². The molecule has 0 aliphatic carbocycles. The SMILES string of the molecule is Fc1cccc(-c2ccc(-c3ccccc3)cc2)c1. The lowest BCUT2D eigenvalue weighted by Crippen LogP contribution is -1.81. The molecular weight excluding hydrogens is 235 g/mol. The van der Waals surface area contributed by atoms with E-state index in [1.807, 2.05) is 36.4 Å². The molecule has 1 heteroatoms. The van der Waals surface area contributed by atoms with Gasteiger partial charge in [0, 0.05) is 0 Å². The molecule has 0 atom stereocenters. The Morgan fingerprint density at radius 3 is 1.63 bits per heavy atom. The van der Waals surface area contributed by atoms with Crippen molar-refractivity contribution in [3.05, 3.63) is 84.7 Å². The standard InChI is InChI=1S/C18H13F/c19-18-8-4-7-17(13-18)16-11-9-15(10-12-16)14-5-2-1-3-6-14/h1-13H. The van der Waals surface area contributed by atoms with Crippen molar-refractivity contribution in [3.63, 3.8) is 0 Å². The highest BCUT2D eigenvalue weighted by molar-refractivity contribution is 5.70. The van der Waals surface area contributed by atoms with E-state index in [1.165, 1.54) is 17.2 Å². The fraction of sp³-hybridized carbons (Fsp3) is 0. The summed E-state index contributed by atoms with van der Waals surface area (Å²) in [5.74, 6) is -0.204. The summed E-state index contributed by atoms with van der Waals surface area (Å²) in [5.41, 5.74) is 4.29. The molecule has 0 aromatic heterocycles. The summed E-state index contributed by atoms with van der Waals surface area (Å²) in [6.07, 6.45) is 0. The number of hydrogen-bond acceptors (Lipinski definition) is 0. The van der Waals surface area contributed by atoms with Gasteiger partial charge in [-0.3, -0.25) is 0 Å². The van der Waals surface area contributed by atoms with Gasteiger partial charge in [-0.05, 0) is 34.4 Å². The molecule has 0 bridgehead atoms. The van der Waals surface area contributed by atoms with Crippen LogP contribution < -0.4 is 0 Å². The van der Waals surface area contributed by atoms with Crippen LogP contribution in [0.4, 0.5) is 4.39 Å². The molecule has 0 nitrogen and oxygen atoms in total. The first-order chi connectivity index (χ1) is 9.33. The second kappa shape index (κ2) is 5.07. The van der Waals surface area contributed by atoms with Gasteiger partial charge in [0.05, 0.1) is 0 Å². The Kier molecular flexibility index (Phi) is 3.11. The molecule has 3 aromatic rings. The number of benzene rings is 3. The van der Waals surface area contributed by atoms with E-state index in [0.29, 0.717) is 0 Å². The fourth-order valence-corrected chi connectivity index (χ4v) is 2.15. The average Bonchev–Trinajstić information content (AvgIpc) is 2.48. The molecule has 0 fully saturated rings. The Balaban J connectivity index is 1.95. The van der Waals surface area contributed by atoms with Crippen LogP contribution in [-0.2, 0) is 0 Å². The van der Waals surface area contributed by atoms with Crippen molar-refractivity contribution < 1.29 is 4.39 Å². The second-order valence-corrected chi connectivity index (χ2v) is 4.45. The molecule has 3 aromatic carbocycles. The van der Waals surface area contributed by atoms with Crippen LogP contribution in [0.15, 0.2) is 78.9 Å². The van der Waals surface area contributed by atoms with Crippen LogP contribution in [-0.4, -0.2) is 0 Å². The third-order valence-corrected chi connectivity index (χ3v) is 3.15. The topological polar surface area (TPSA) is 0 Å². The average molecular weight is 248 g/mol. The molecule has 0 unspecified atom stereocenters. The Bertz CT molecular complexity index is 670.